The fraction of sp³-hybridized carbons (Fsp3) is 0.400. The van der Waals surface area contributed by atoms with E-state index in [2.05, 4.69) is 61.1 Å². The van der Waals surface area contributed by atoms with E-state index < -0.39 is 0 Å². The van der Waals surface area contributed by atoms with Gasteiger partial charge in [-0.1, -0.05) is 49.4 Å². The summed E-state index contributed by atoms with van der Waals surface area (Å²) in [6.45, 7) is 7.75. The van der Waals surface area contributed by atoms with Gasteiger partial charge in [0, 0.05) is 52.2 Å². The van der Waals surface area contributed by atoms with Crippen LogP contribution in [0.25, 0.3) is 0 Å². The smallest absolute Gasteiger partial charge is 0.194 e. The maximum absolute atomic E-state index is 10.2. The van der Waals surface area contributed by atoms with Gasteiger partial charge < -0.3 is 24.8 Å². The van der Waals surface area contributed by atoms with Crippen LogP contribution in [0.4, 0.5) is 5.69 Å². The minimum absolute atomic E-state index is 0. The second kappa shape index (κ2) is 13.2. The fourth-order valence-corrected chi connectivity index (χ4v) is 4.12. The van der Waals surface area contributed by atoms with Crippen LogP contribution in [0.15, 0.2) is 65.9 Å². The van der Waals surface area contributed by atoms with Crippen LogP contribution >= 0.6 is 24.0 Å². The Bertz CT molecular complexity index is 1030. The molecule has 2 aromatic carbocycles. The topological polar surface area (TPSA) is 81.8 Å². The van der Waals surface area contributed by atoms with Crippen molar-refractivity contribution in [1.82, 2.24) is 25.0 Å². The molecule has 0 radical (unpaired) electrons. The summed E-state index contributed by atoms with van der Waals surface area (Å²) in [5.41, 5.74) is 2.19. The number of hydrogen-bond acceptors (Lipinski definition) is 5. The monoisotopic (exact) mass is 575 g/mol. The summed E-state index contributed by atoms with van der Waals surface area (Å²) in [5.74, 6) is 2.27. The molecule has 0 unspecified atom stereocenters. The number of nitrogens with zero attached hydrogens (tertiary/aromatic N) is 6. The van der Waals surface area contributed by atoms with Crippen molar-refractivity contribution in [2.45, 2.75) is 26.3 Å². The number of benzene rings is 2. The molecule has 1 saturated heterocycles. The van der Waals surface area contributed by atoms with E-state index in [4.69, 9.17) is 4.99 Å². The minimum Gasteiger partial charge on any atom is -0.506 e. The molecule has 0 saturated carbocycles. The maximum atomic E-state index is 10.2. The van der Waals surface area contributed by atoms with Crippen molar-refractivity contribution >= 4 is 35.6 Å². The molecule has 34 heavy (non-hydrogen) atoms. The van der Waals surface area contributed by atoms with Gasteiger partial charge in [0.2, 0.25) is 0 Å². The van der Waals surface area contributed by atoms with Gasteiger partial charge in [0.25, 0.3) is 0 Å². The number of nitrogens with one attached hydrogen (secondary N) is 1. The van der Waals surface area contributed by atoms with Crippen LogP contribution < -0.4 is 10.2 Å². The van der Waals surface area contributed by atoms with Gasteiger partial charge in [-0.25, -0.2) is 0 Å². The summed E-state index contributed by atoms with van der Waals surface area (Å²) in [7, 11) is 0. The first kappa shape index (κ1) is 25.8. The van der Waals surface area contributed by atoms with Crippen molar-refractivity contribution < 1.29 is 5.11 Å². The van der Waals surface area contributed by atoms with Crippen molar-refractivity contribution in [3.05, 3.63) is 72.3 Å². The van der Waals surface area contributed by atoms with Gasteiger partial charge in [0.15, 0.2) is 5.96 Å². The number of piperazine rings is 1. The van der Waals surface area contributed by atoms with Crippen molar-refractivity contribution in [1.29, 1.82) is 0 Å². The highest BCUT2D eigenvalue weighted by Gasteiger charge is 2.21. The molecule has 3 aromatic rings. The molecular formula is C25H34IN7O. The largest absolute Gasteiger partial charge is 0.506 e. The minimum atomic E-state index is 0. The second-order valence-electron chi connectivity index (χ2n) is 8.12. The number of phenolic OH excluding ortho intramolecular Hbond substituents is 1. The Morgan fingerprint density at radius 2 is 1.76 bits per heavy atom. The van der Waals surface area contributed by atoms with Crippen LogP contribution in [0.1, 0.15) is 18.3 Å². The molecule has 1 aliphatic heterocycles. The lowest BCUT2D eigenvalue weighted by atomic mass is 10.2. The van der Waals surface area contributed by atoms with Gasteiger partial charge >= 0.3 is 0 Å². The molecular weight excluding hydrogens is 541 g/mol. The van der Waals surface area contributed by atoms with E-state index in [0.717, 1.165) is 76.1 Å². The molecule has 1 fully saturated rings. The molecule has 8 nitrogen and oxygen atoms in total. The molecule has 1 aromatic heterocycles. The average molecular weight is 575 g/mol. The van der Waals surface area contributed by atoms with Crippen LogP contribution in [0.5, 0.6) is 5.75 Å². The number of aromatic hydroxyl groups is 1. The van der Waals surface area contributed by atoms with Crippen molar-refractivity contribution in [2.24, 2.45) is 4.99 Å². The lowest BCUT2D eigenvalue weighted by Gasteiger charge is -2.38. The molecule has 2 N–H and O–H groups in total. The number of hydrogen-bond donors (Lipinski definition) is 2. The van der Waals surface area contributed by atoms with Crippen molar-refractivity contribution in [3.8, 4) is 5.75 Å². The summed E-state index contributed by atoms with van der Waals surface area (Å²) in [5, 5.41) is 22.0. The van der Waals surface area contributed by atoms with E-state index in [9.17, 15) is 5.11 Å². The number of para-hydroxylation sites is 2. The SMILES string of the molecule is CCc1nncn1CCNC(=NCCc1ccccc1)N1CCN(c2ccccc2O)CC1.I. The number of aromatic nitrogens is 3. The predicted octanol–water partition coefficient (Wildman–Crippen LogP) is 3.17. The molecule has 182 valence electrons. The van der Waals surface area contributed by atoms with Gasteiger partial charge in [0.05, 0.1) is 5.69 Å². The van der Waals surface area contributed by atoms with E-state index >= 15 is 0 Å². The Morgan fingerprint density at radius 3 is 2.50 bits per heavy atom. The Balaban J connectivity index is 0.00000324. The maximum Gasteiger partial charge on any atom is 0.194 e. The fourth-order valence-electron chi connectivity index (χ4n) is 4.12. The van der Waals surface area contributed by atoms with Gasteiger partial charge in [0.1, 0.15) is 17.9 Å². The number of phenols is 1. The molecule has 0 aliphatic carbocycles. The van der Waals surface area contributed by atoms with Gasteiger partial charge in [-0.2, -0.15) is 0 Å². The van der Waals surface area contributed by atoms with Crippen LogP contribution in [-0.4, -0.2) is 70.0 Å². The third kappa shape index (κ3) is 6.85. The van der Waals surface area contributed by atoms with Crippen LogP contribution in [0.3, 0.4) is 0 Å². The van der Waals surface area contributed by atoms with Crippen molar-refractivity contribution in [2.75, 3.05) is 44.2 Å². The standard InChI is InChI=1S/C25H33N7O.HI/c1-2-24-29-28-20-32(24)15-14-27-25(26-13-12-21-8-4-3-5-9-21)31-18-16-30(17-19-31)22-10-6-7-11-23(22)33;/h3-11,20,33H,2,12-19H2,1H3,(H,26,27);1H. The van der Waals surface area contributed by atoms with Crippen LogP contribution in [0, 0.1) is 0 Å². The predicted molar refractivity (Wildman–Crippen MR) is 147 cm³/mol. The highest BCUT2D eigenvalue weighted by atomic mass is 127. The zero-order chi connectivity index (χ0) is 22.9. The quantitative estimate of drug-likeness (QED) is 0.244. The summed E-state index contributed by atoms with van der Waals surface area (Å²) in [4.78, 5) is 9.49. The Kier molecular flexibility index (Phi) is 9.99. The van der Waals surface area contributed by atoms with Gasteiger partial charge in [-0.05, 0) is 24.1 Å². The number of halogens is 1. The van der Waals surface area contributed by atoms with Crippen molar-refractivity contribution in [3.63, 3.8) is 0 Å². The molecule has 9 heteroatoms. The number of anilines is 1. The Morgan fingerprint density at radius 1 is 1.03 bits per heavy atom. The van der Waals surface area contributed by atoms with Crippen LogP contribution in [0.2, 0.25) is 0 Å². The Labute approximate surface area is 218 Å². The first-order valence-electron chi connectivity index (χ1n) is 11.7. The second-order valence-corrected chi connectivity index (χ2v) is 8.12. The van der Waals surface area contributed by atoms with Gasteiger partial charge in [-0.3, -0.25) is 4.99 Å². The van der Waals surface area contributed by atoms with E-state index in [1.54, 1.807) is 12.4 Å². The summed E-state index contributed by atoms with van der Waals surface area (Å²) >= 11 is 0. The molecule has 1 aliphatic rings. The molecule has 0 amide bonds. The van der Waals surface area contributed by atoms with Crippen LogP contribution in [-0.2, 0) is 19.4 Å². The van der Waals surface area contributed by atoms with E-state index in [0.29, 0.717) is 5.75 Å². The highest BCUT2D eigenvalue weighted by Crippen LogP contribution is 2.27. The summed E-state index contributed by atoms with van der Waals surface area (Å²) < 4.78 is 2.09. The van der Waals surface area contributed by atoms with E-state index in [1.165, 1.54) is 5.56 Å². The third-order valence-electron chi connectivity index (χ3n) is 5.95. The number of aliphatic imine (C=N–C) groups is 1. The number of aryl methyl sites for hydroxylation is 1. The van der Waals surface area contributed by atoms with E-state index in [-0.39, 0.29) is 24.0 Å². The Hall–Kier alpha value is -2.82. The molecule has 4 rings (SSSR count). The molecule has 0 bridgehead atoms. The molecule has 0 atom stereocenters. The zero-order valence-corrected chi connectivity index (χ0v) is 22.0. The lowest BCUT2D eigenvalue weighted by molar-refractivity contribution is 0.368. The highest BCUT2D eigenvalue weighted by molar-refractivity contribution is 14.0. The first-order chi connectivity index (χ1) is 16.2. The van der Waals surface area contributed by atoms with Gasteiger partial charge in [-0.15, -0.1) is 34.2 Å². The summed E-state index contributed by atoms with van der Waals surface area (Å²) in [6, 6.07) is 18.0. The molecule has 0 spiro atoms. The van der Waals surface area contributed by atoms with E-state index in [1.807, 2.05) is 24.3 Å². The third-order valence-corrected chi connectivity index (χ3v) is 5.95. The zero-order valence-electron chi connectivity index (χ0n) is 19.7. The average Bonchev–Trinajstić information content (AvgIpc) is 3.32. The summed E-state index contributed by atoms with van der Waals surface area (Å²) in [6.07, 6.45) is 3.57. The number of rotatable bonds is 8. The first-order valence-corrected chi connectivity index (χ1v) is 11.7. The normalized spacial score (nSPS) is 14.1. The lowest BCUT2D eigenvalue weighted by Crippen LogP contribution is -2.53. The molecule has 2 heterocycles. The number of guanidine groups is 1.